The Morgan fingerprint density at radius 3 is 2.45 bits per heavy atom. The molecule has 186 valence electrons. The molecule has 4 aliphatic carbocycles. The molecule has 0 unspecified atom stereocenters. The molecular weight excluding hydrogens is 408 g/mol. The third kappa shape index (κ3) is 4.15. The fourth-order valence-electron chi connectivity index (χ4n) is 8.42. The number of allylic oxidation sites excluding steroid dienone is 3. The van der Waals surface area contributed by atoms with Gasteiger partial charge in [0.25, 0.3) is 0 Å². The van der Waals surface area contributed by atoms with Crippen LogP contribution >= 0.6 is 0 Å². The SMILES string of the molecule is CC(=O)O[C@@H]1CC[C@]2(C)[C@@H]3CC[C@]4(C)[C@H](CC[C@H]4[C@H](C)/C=C/[C@H](C)C(C)C)C3=CC[C@@]2(O)C1. The zero-order chi connectivity index (χ0) is 24.2. The van der Waals surface area contributed by atoms with Gasteiger partial charge in [0.2, 0.25) is 0 Å². The molecule has 0 radical (unpaired) electrons. The quantitative estimate of drug-likeness (QED) is 0.354. The van der Waals surface area contributed by atoms with Crippen LogP contribution in [0.3, 0.4) is 0 Å². The van der Waals surface area contributed by atoms with Gasteiger partial charge in [0.1, 0.15) is 6.10 Å². The Kier molecular flexibility index (Phi) is 6.71. The van der Waals surface area contributed by atoms with Crippen molar-refractivity contribution in [2.75, 3.05) is 0 Å². The summed E-state index contributed by atoms with van der Waals surface area (Å²) in [6.45, 7) is 15.8. The monoisotopic (exact) mass is 456 g/mol. The maximum absolute atomic E-state index is 11.8. The number of hydrogen-bond acceptors (Lipinski definition) is 3. The minimum atomic E-state index is -0.756. The Morgan fingerprint density at radius 2 is 1.79 bits per heavy atom. The average Bonchev–Trinajstić information content (AvgIpc) is 3.09. The number of fused-ring (bicyclic) bond motifs is 5. The zero-order valence-corrected chi connectivity index (χ0v) is 22.2. The molecule has 4 aliphatic rings. The second-order valence-electron chi connectivity index (χ2n) is 13.0. The van der Waals surface area contributed by atoms with E-state index in [2.05, 4.69) is 59.8 Å². The summed E-state index contributed by atoms with van der Waals surface area (Å²) < 4.78 is 5.54. The summed E-state index contributed by atoms with van der Waals surface area (Å²) in [6.07, 6.45) is 15.5. The lowest BCUT2D eigenvalue weighted by atomic mass is 9.46. The van der Waals surface area contributed by atoms with Crippen molar-refractivity contribution in [3.05, 3.63) is 23.8 Å². The van der Waals surface area contributed by atoms with Gasteiger partial charge in [0.15, 0.2) is 0 Å². The Bertz CT molecular complexity index is 811. The van der Waals surface area contributed by atoms with Crippen molar-refractivity contribution in [3.8, 4) is 0 Å². The normalized spacial score (nSPS) is 44.6. The molecule has 0 bridgehead atoms. The molecule has 0 aliphatic heterocycles. The van der Waals surface area contributed by atoms with Gasteiger partial charge in [0, 0.05) is 18.8 Å². The topological polar surface area (TPSA) is 46.5 Å². The van der Waals surface area contributed by atoms with Gasteiger partial charge in [-0.1, -0.05) is 65.3 Å². The number of carbonyl (C=O) groups is 1. The van der Waals surface area contributed by atoms with E-state index in [4.69, 9.17) is 4.74 Å². The lowest BCUT2D eigenvalue weighted by Gasteiger charge is -2.61. The molecule has 0 heterocycles. The molecule has 9 atom stereocenters. The van der Waals surface area contributed by atoms with E-state index in [-0.39, 0.29) is 17.5 Å². The second kappa shape index (κ2) is 8.85. The largest absolute Gasteiger partial charge is 0.462 e. The minimum absolute atomic E-state index is 0.106. The van der Waals surface area contributed by atoms with Crippen LogP contribution in [0, 0.1) is 46.3 Å². The van der Waals surface area contributed by atoms with Crippen molar-refractivity contribution in [3.63, 3.8) is 0 Å². The Labute approximate surface area is 202 Å². The van der Waals surface area contributed by atoms with Crippen LogP contribution in [0.1, 0.15) is 99.8 Å². The van der Waals surface area contributed by atoms with Crippen molar-refractivity contribution in [1.29, 1.82) is 0 Å². The minimum Gasteiger partial charge on any atom is -0.462 e. The smallest absolute Gasteiger partial charge is 0.302 e. The van der Waals surface area contributed by atoms with E-state index in [0.717, 1.165) is 18.8 Å². The highest BCUT2D eigenvalue weighted by Gasteiger charge is 2.62. The number of esters is 1. The lowest BCUT2D eigenvalue weighted by molar-refractivity contribution is -0.183. The highest BCUT2D eigenvalue weighted by molar-refractivity contribution is 5.66. The zero-order valence-electron chi connectivity index (χ0n) is 22.2. The molecule has 4 rings (SSSR count). The summed E-state index contributed by atoms with van der Waals surface area (Å²) in [7, 11) is 0. The van der Waals surface area contributed by atoms with Gasteiger partial charge in [-0.3, -0.25) is 4.79 Å². The molecular formula is C30H48O3. The number of carbonyl (C=O) groups excluding carboxylic acids is 1. The van der Waals surface area contributed by atoms with E-state index in [0.29, 0.717) is 47.8 Å². The lowest BCUT2D eigenvalue weighted by Crippen LogP contribution is -2.60. The highest BCUT2D eigenvalue weighted by atomic mass is 16.5. The summed E-state index contributed by atoms with van der Waals surface area (Å²) in [5.74, 6) is 3.59. The highest BCUT2D eigenvalue weighted by Crippen LogP contribution is 2.67. The molecule has 0 saturated heterocycles. The number of ether oxygens (including phenoxy) is 1. The first kappa shape index (κ1) is 25.0. The molecule has 3 nitrogen and oxygen atoms in total. The van der Waals surface area contributed by atoms with Gasteiger partial charge in [-0.25, -0.2) is 0 Å². The third-order valence-corrected chi connectivity index (χ3v) is 11.0. The van der Waals surface area contributed by atoms with Crippen molar-refractivity contribution < 1.29 is 14.6 Å². The summed E-state index contributed by atoms with van der Waals surface area (Å²) >= 11 is 0. The van der Waals surface area contributed by atoms with Gasteiger partial charge in [0.05, 0.1) is 5.60 Å². The number of aliphatic hydroxyl groups is 1. The maximum atomic E-state index is 11.8. The number of rotatable bonds is 5. The van der Waals surface area contributed by atoms with Crippen LogP contribution in [0.15, 0.2) is 23.8 Å². The molecule has 1 N–H and O–H groups in total. The molecule has 0 amide bonds. The van der Waals surface area contributed by atoms with Crippen LogP contribution in [0.5, 0.6) is 0 Å². The van der Waals surface area contributed by atoms with Gasteiger partial charge in [-0.05, 0) is 85.9 Å². The fraction of sp³-hybridized carbons (Fsp3) is 0.833. The summed E-state index contributed by atoms with van der Waals surface area (Å²) in [6, 6.07) is 0. The van der Waals surface area contributed by atoms with E-state index in [1.165, 1.54) is 32.6 Å². The predicted molar refractivity (Wildman–Crippen MR) is 135 cm³/mol. The summed E-state index contributed by atoms with van der Waals surface area (Å²) in [5, 5.41) is 11.8. The second-order valence-corrected chi connectivity index (χ2v) is 13.0. The summed E-state index contributed by atoms with van der Waals surface area (Å²) in [4.78, 5) is 11.5. The van der Waals surface area contributed by atoms with Crippen molar-refractivity contribution in [2.45, 2.75) is 112 Å². The Hall–Kier alpha value is -1.09. The Balaban J connectivity index is 1.55. The van der Waals surface area contributed by atoms with Crippen molar-refractivity contribution in [2.24, 2.45) is 46.3 Å². The van der Waals surface area contributed by atoms with E-state index >= 15 is 0 Å². The molecule has 0 aromatic rings. The van der Waals surface area contributed by atoms with E-state index in [1.807, 2.05) is 0 Å². The van der Waals surface area contributed by atoms with E-state index in [1.54, 1.807) is 5.57 Å². The van der Waals surface area contributed by atoms with Crippen molar-refractivity contribution >= 4 is 5.97 Å². The first-order chi connectivity index (χ1) is 15.4. The molecule has 3 heteroatoms. The van der Waals surface area contributed by atoms with Crippen LogP contribution in [-0.4, -0.2) is 22.8 Å². The molecule has 0 aromatic carbocycles. The molecule has 3 fully saturated rings. The first-order valence-electron chi connectivity index (χ1n) is 13.7. The van der Waals surface area contributed by atoms with Gasteiger partial charge < -0.3 is 9.84 Å². The first-order valence-corrected chi connectivity index (χ1v) is 13.7. The van der Waals surface area contributed by atoms with Gasteiger partial charge >= 0.3 is 5.97 Å². The Morgan fingerprint density at radius 1 is 1.06 bits per heavy atom. The van der Waals surface area contributed by atoms with Crippen LogP contribution in [-0.2, 0) is 9.53 Å². The van der Waals surface area contributed by atoms with Crippen LogP contribution in [0.2, 0.25) is 0 Å². The third-order valence-electron chi connectivity index (χ3n) is 11.0. The summed E-state index contributed by atoms with van der Waals surface area (Å²) in [5.41, 5.74) is 1.17. The van der Waals surface area contributed by atoms with Crippen molar-refractivity contribution in [1.82, 2.24) is 0 Å². The fourth-order valence-corrected chi connectivity index (χ4v) is 8.42. The molecule has 33 heavy (non-hydrogen) atoms. The van der Waals surface area contributed by atoms with Crippen LogP contribution in [0.4, 0.5) is 0 Å². The predicted octanol–water partition coefficient (Wildman–Crippen LogP) is 7.10. The maximum Gasteiger partial charge on any atom is 0.302 e. The van der Waals surface area contributed by atoms with E-state index in [9.17, 15) is 9.90 Å². The average molecular weight is 457 g/mol. The molecule has 0 spiro atoms. The van der Waals surface area contributed by atoms with Gasteiger partial charge in [-0.15, -0.1) is 0 Å². The van der Waals surface area contributed by atoms with Gasteiger partial charge in [-0.2, -0.15) is 0 Å². The molecule has 0 aromatic heterocycles. The van der Waals surface area contributed by atoms with E-state index < -0.39 is 5.60 Å². The standard InChI is InChI=1S/C30H48O3/c1-19(2)20(3)8-9-21(4)25-10-11-26-24-13-17-30(32)18-23(33-22(5)31)12-16-29(30,7)27(24)14-15-28(25,26)6/h8-9,13,19-21,23,25-27,32H,10-12,14-18H2,1-7H3/b9-8+/t20-,21+,23+,25-,26+,27+,28-,29+,30+/m0/s1. The number of hydrogen-bond donors (Lipinski definition) is 1. The molecule has 3 saturated carbocycles. The van der Waals surface area contributed by atoms with Crippen LogP contribution in [0.25, 0.3) is 0 Å². The van der Waals surface area contributed by atoms with Crippen LogP contribution < -0.4 is 0 Å².